The molecule has 0 saturated heterocycles. The number of hydrogen-bond acceptors (Lipinski definition) is 16. The summed E-state index contributed by atoms with van der Waals surface area (Å²) in [6, 6.07) is 0. The molecule has 0 saturated carbocycles. The summed E-state index contributed by atoms with van der Waals surface area (Å²) >= 11 is 0. The van der Waals surface area contributed by atoms with Gasteiger partial charge in [0.05, 0.1) is 145 Å². The zero-order chi connectivity index (χ0) is 47.0. The van der Waals surface area contributed by atoms with Gasteiger partial charge in [-0.1, -0.05) is 96.8 Å². The Balaban J connectivity index is 3.15. The third-order valence-corrected chi connectivity index (χ3v) is 9.71. The summed E-state index contributed by atoms with van der Waals surface area (Å²) in [5.41, 5.74) is 0. The monoisotopic (exact) mass is 941 g/mol. The van der Waals surface area contributed by atoms with Crippen molar-refractivity contribution in [2.45, 2.75) is 135 Å². The van der Waals surface area contributed by atoms with E-state index in [2.05, 4.69) is 6.92 Å². The smallest absolute Gasteiger partial charge is 0.305 e. The lowest BCUT2D eigenvalue weighted by Gasteiger charge is -2.09. The van der Waals surface area contributed by atoms with Crippen LogP contribution >= 0.6 is 0 Å². The first-order valence-corrected chi connectivity index (χ1v) is 24.9. The number of unbranched alkanes of at least 4 members (excludes halogenated alkanes) is 15. The summed E-state index contributed by atoms with van der Waals surface area (Å²) in [5, 5.41) is 8.57. The van der Waals surface area contributed by atoms with Crippen LogP contribution in [0.4, 0.5) is 0 Å². The highest BCUT2D eigenvalue weighted by Gasteiger charge is 2.05. The number of aliphatic carboxylic acids is 1. The largest absolute Gasteiger partial charge is 0.481 e. The minimum atomic E-state index is -0.865. The maximum atomic E-state index is 11.9. The molecule has 0 fully saturated rings. The van der Waals surface area contributed by atoms with Gasteiger partial charge in [-0.3, -0.25) is 14.4 Å². The molecule has 0 radical (unpaired) electrons. The number of ether oxygens (including phenoxy) is 13. The molecule has 0 aromatic rings. The number of rotatable bonds is 57. The van der Waals surface area contributed by atoms with Gasteiger partial charge in [0.2, 0.25) is 0 Å². The maximum Gasteiger partial charge on any atom is 0.305 e. The normalized spacial score (nSPS) is 11.4. The lowest BCUT2D eigenvalue weighted by molar-refractivity contribution is -0.146. The first-order valence-electron chi connectivity index (χ1n) is 24.9. The standard InChI is InChI=1S/C48H92O17/c1-2-3-4-5-6-7-8-9-10-11-12-13-14-15-16-20-47(51)64-44-42-62-40-38-60-36-34-58-32-30-56-28-26-54-24-22-53-23-25-55-27-29-57-31-33-59-35-37-61-39-41-63-43-45-65-48(52)21-18-17-19-46(49)50/h2-45H2,1H3,(H,49,50). The molecule has 0 aromatic heterocycles. The third-order valence-electron chi connectivity index (χ3n) is 9.71. The molecule has 0 spiro atoms. The molecule has 386 valence electrons. The molecule has 1 N–H and O–H groups in total. The molecule has 17 nitrogen and oxygen atoms in total. The van der Waals surface area contributed by atoms with E-state index in [0.717, 1.165) is 12.8 Å². The van der Waals surface area contributed by atoms with Crippen molar-refractivity contribution < 1.29 is 81.1 Å². The van der Waals surface area contributed by atoms with Crippen LogP contribution in [0.5, 0.6) is 0 Å². The number of carboxylic acid groups (broad SMARTS) is 1. The second kappa shape index (κ2) is 56.3. The Kier molecular flexibility index (Phi) is 54.5. The van der Waals surface area contributed by atoms with E-state index in [4.69, 9.17) is 66.7 Å². The summed E-state index contributed by atoms with van der Waals surface area (Å²) < 4.78 is 70.5. The first-order chi connectivity index (χ1) is 32.1. The third kappa shape index (κ3) is 58.0. The summed E-state index contributed by atoms with van der Waals surface area (Å²) in [6.07, 6.45) is 21.3. The molecule has 65 heavy (non-hydrogen) atoms. The molecule has 17 heteroatoms. The second-order valence-corrected chi connectivity index (χ2v) is 15.5. The molecule has 0 aliphatic rings. The Morgan fingerprint density at radius 1 is 0.262 bits per heavy atom. The van der Waals surface area contributed by atoms with E-state index < -0.39 is 5.97 Å². The number of esters is 2. The van der Waals surface area contributed by atoms with E-state index in [1.54, 1.807) is 0 Å². The molecule has 0 rings (SSSR count). The number of carboxylic acids is 1. The highest BCUT2D eigenvalue weighted by molar-refractivity contribution is 5.70. The average Bonchev–Trinajstić information content (AvgIpc) is 3.30. The molecule has 0 aliphatic carbocycles. The minimum absolute atomic E-state index is 0.0567. The van der Waals surface area contributed by atoms with Crippen molar-refractivity contribution in [2.75, 3.05) is 159 Å². The van der Waals surface area contributed by atoms with Crippen LogP contribution in [-0.2, 0) is 76.0 Å². The quantitative estimate of drug-likeness (QED) is 0.0477. The van der Waals surface area contributed by atoms with Gasteiger partial charge >= 0.3 is 17.9 Å². The van der Waals surface area contributed by atoms with Crippen molar-refractivity contribution in [1.29, 1.82) is 0 Å². The van der Waals surface area contributed by atoms with Crippen molar-refractivity contribution in [3.8, 4) is 0 Å². The molecular formula is C48H92O17. The maximum absolute atomic E-state index is 11.9. The summed E-state index contributed by atoms with van der Waals surface area (Å²) in [5.74, 6) is -1.35. The predicted molar refractivity (Wildman–Crippen MR) is 247 cm³/mol. The van der Waals surface area contributed by atoms with Gasteiger partial charge in [0.15, 0.2) is 0 Å². The van der Waals surface area contributed by atoms with Crippen molar-refractivity contribution in [3.63, 3.8) is 0 Å². The van der Waals surface area contributed by atoms with Crippen LogP contribution in [0.15, 0.2) is 0 Å². The van der Waals surface area contributed by atoms with Crippen LogP contribution < -0.4 is 0 Å². The van der Waals surface area contributed by atoms with E-state index >= 15 is 0 Å². The SMILES string of the molecule is CCCCCCCCCCCCCCCCCC(=O)OCCOCCOCCOCCOCCOCCOCCOCCOCCOCCOCCOCCOC(=O)CCCCC(=O)O. The Bertz CT molecular complexity index is 976. The van der Waals surface area contributed by atoms with Crippen molar-refractivity contribution in [2.24, 2.45) is 0 Å². The summed E-state index contributed by atoms with van der Waals surface area (Å²) in [6.45, 7) is 12.6. The summed E-state index contributed by atoms with van der Waals surface area (Å²) in [7, 11) is 0. The number of carbonyl (C=O) groups excluding carboxylic acids is 2. The number of hydrogen-bond donors (Lipinski definition) is 1. The molecule has 0 heterocycles. The van der Waals surface area contributed by atoms with E-state index in [1.165, 1.54) is 83.5 Å². The van der Waals surface area contributed by atoms with Crippen LogP contribution in [0.1, 0.15) is 135 Å². The Morgan fingerprint density at radius 3 is 0.677 bits per heavy atom. The lowest BCUT2D eigenvalue weighted by atomic mass is 10.0. The molecule has 0 bridgehead atoms. The fourth-order valence-corrected chi connectivity index (χ4v) is 6.06. The molecule has 0 amide bonds. The van der Waals surface area contributed by atoms with Crippen LogP contribution in [0.3, 0.4) is 0 Å². The van der Waals surface area contributed by atoms with Crippen molar-refractivity contribution in [1.82, 2.24) is 0 Å². The number of carbonyl (C=O) groups is 3. The molecule has 0 atom stereocenters. The fourth-order valence-electron chi connectivity index (χ4n) is 6.06. The predicted octanol–water partition coefficient (Wildman–Crippen LogP) is 7.16. The Labute approximate surface area is 392 Å². The Morgan fingerprint density at radius 2 is 0.446 bits per heavy atom. The van der Waals surface area contributed by atoms with Gasteiger partial charge in [-0.25, -0.2) is 0 Å². The summed E-state index contributed by atoms with van der Waals surface area (Å²) in [4.78, 5) is 33.9. The van der Waals surface area contributed by atoms with Gasteiger partial charge in [0.25, 0.3) is 0 Å². The zero-order valence-electron chi connectivity index (χ0n) is 40.6. The van der Waals surface area contributed by atoms with Crippen LogP contribution in [0.2, 0.25) is 0 Å². The van der Waals surface area contributed by atoms with Gasteiger partial charge in [-0.15, -0.1) is 0 Å². The molecule has 0 aromatic carbocycles. The van der Waals surface area contributed by atoms with Gasteiger partial charge in [0.1, 0.15) is 13.2 Å². The van der Waals surface area contributed by atoms with E-state index in [1.807, 2.05) is 0 Å². The average molecular weight is 941 g/mol. The van der Waals surface area contributed by atoms with Crippen LogP contribution in [0.25, 0.3) is 0 Å². The molecule has 0 unspecified atom stereocenters. The van der Waals surface area contributed by atoms with E-state index in [0.29, 0.717) is 158 Å². The van der Waals surface area contributed by atoms with Crippen LogP contribution in [0, 0.1) is 0 Å². The lowest BCUT2D eigenvalue weighted by Crippen LogP contribution is -2.16. The van der Waals surface area contributed by atoms with Gasteiger partial charge in [-0.05, 0) is 19.3 Å². The van der Waals surface area contributed by atoms with Gasteiger partial charge < -0.3 is 66.7 Å². The van der Waals surface area contributed by atoms with Crippen LogP contribution in [-0.4, -0.2) is 182 Å². The van der Waals surface area contributed by atoms with Gasteiger partial charge in [0, 0.05) is 19.3 Å². The highest BCUT2D eigenvalue weighted by Crippen LogP contribution is 2.14. The minimum Gasteiger partial charge on any atom is -0.481 e. The molecule has 0 aliphatic heterocycles. The topological polar surface area (TPSA) is 191 Å². The van der Waals surface area contributed by atoms with Crippen molar-refractivity contribution in [3.05, 3.63) is 0 Å². The first kappa shape index (κ1) is 63.0. The van der Waals surface area contributed by atoms with Crippen molar-refractivity contribution >= 4 is 17.9 Å². The molecular weight excluding hydrogens is 849 g/mol. The zero-order valence-corrected chi connectivity index (χ0v) is 40.6. The second-order valence-electron chi connectivity index (χ2n) is 15.5. The van der Waals surface area contributed by atoms with E-state index in [-0.39, 0.29) is 44.6 Å². The Hall–Kier alpha value is -2.03. The highest BCUT2D eigenvalue weighted by atomic mass is 16.6. The van der Waals surface area contributed by atoms with E-state index in [9.17, 15) is 14.4 Å². The fraction of sp³-hybridized carbons (Fsp3) is 0.938. The van der Waals surface area contributed by atoms with Gasteiger partial charge in [-0.2, -0.15) is 0 Å².